The molecule has 0 amide bonds. The van der Waals surface area contributed by atoms with Crippen LogP contribution in [0.2, 0.25) is 5.54 Å². The van der Waals surface area contributed by atoms with Gasteiger partial charge in [-0.15, -0.1) is 0 Å². The molecule has 3 atom stereocenters. The molecule has 0 aliphatic carbocycles. The van der Waals surface area contributed by atoms with E-state index < -0.39 is 35.7 Å². The van der Waals surface area contributed by atoms with Crippen molar-refractivity contribution in [2.45, 2.75) is 45.2 Å². The largest absolute Gasteiger partial charge is 0.599 e. The molecule has 162 valence electrons. The fraction of sp³-hybridized carbons (Fsp3) is 0.938. The maximum Gasteiger partial charge on any atom is 0.599 e. The molecule has 0 bridgehead atoms. The lowest BCUT2D eigenvalue weighted by molar-refractivity contribution is -0.143. The topological polar surface area (TPSA) is 95.9 Å². The molecule has 11 heteroatoms. The summed E-state index contributed by atoms with van der Waals surface area (Å²) < 4.78 is 36.1. The van der Waals surface area contributed by atoms with Crippen molar-refractivity contribution in [3.63, 3.8) is 0 Å². The number of carbonyl (C=O) groups is 1. The predicted octanol–water partition coefficient (Wildman–Crippen LogP) is 1.82. The van der Waals surface area contributed by atoms with Gasteiger partial charge in [0.05, 0.1) is 5.92 Å². The first-order valence-corrected chi connectivity index (χ1v) is 12.5. The van der Waals surface area contributed by atoms with E-state index in [4.69, 9.17) is 26.6 Å². The second kappa shape index (κ2) is 12.2. The molecule has 0 aliphatic heterocycles. The van der Waals surface area contributed by atoms with Crippen LogP contribution < -0.4 is 0 Å². The minimum atomic E-state index is -3.31. The normalized spacial score (nSPS) is 16.4. The first kappa shape index (κ1) is 26.6. The van der Waals surface area contributed by atoms with Gasteiger partial charge in [0, 0.05) is 54.2 Å². The second-order valence-corrected chi connectivity index (χ2v) is 12.2. The van der Waals surface area contributed by atoms with Crippen molar-refractivity contribution < 1.29 is 36.5 Å². The molecule has 0 aromatic carbocycles. The third-order valence-corrected chi connectivity index (χ3v) is 11.1. The minimum Gasteiger partial charge on any atom is -0.481 e. The number of carboxylic acid groups (broad SMARTS) is 1. The lowest BCUT2D eigenvalue weighted by atomic mass is 9.97. The lowest BCUT2D eigenvalue weighted by Gasteiger charge is -2.47. The van der Waals surface area contributed by atoms with E-state index in [0.717, 1.165) is 6.42 Å². The Morgan fingerprint density at radius 3 is 1.63 bits per heavy atom. The Kier molecular flexibility index (Phi) is 12.1. The quantitative estimate of drug-likeness (QED) is 0.393. The van der Waals surface area contributed by atoms with Crippen molar-refractivity contribution >= 4 is 23.7 Å². The summed E-state index contributed by atoms with van der Waals surface area (Å²) in [6.45, 7) is 6.16. The van der Waals surface area contributed by atoms with Crippen LogP contribution in [0.5, 0.6) is 0 Å². The first-order chi connectivity index (χ1) is 12.7. The number of rotatable bonds is 15. The molecule has 0 spiro atoms. The SMILES string of the molecule is CCCN(C(C(C)C(=O)O)C(CC)[Si](OC)(OC)OC)[Si](OC)(OC)OC. The highest BCUT2D eigenvalue weighted by Gasteiger charge is 2.59. The summed E-state index contributed by atoms with van der Waals surface area (Å²) in [7, 11) is 2.64. The van der Waals surface area contributed by atoms with E-state index in [1.54, 1.807) is 6.92 Å². The highest BCUT2D eigenvalue weighted by Crippen LogP contribution is 2.39. The molecule has 0 aromatic rings. The maximum atomic E-state index is 12.0. The van der Waals surface area contributed by atoms with Gasteiger partial charge in [0.15, 0.2) is 0 Å². The summed E-state index contributed by atoms with van der Waals surface area (Å²) in [6.07, 6.45) is 1.34. The van der Waals surface area contributed by atoms with Gasteiger partial charge in [-0.3, -0.25) is 9.36 Å². The Bertz CT molecular complexity index is 418. The molecule has 27 heavy (non-hydrogen) atoms. The number of carboxylic acids is 1. The monoisotopic (exact) mass is 427 g/mol. The van der Waals surface area contributed by atoms with Crippen molar-refractivity contribution in [1.29, 1.82) is 0 Å². The Labute approximate surface area is 165 Å². The Hall–Kier alpha value is -0.376. The zero-order valence-corrected chi connectivity index (χ0v) is 20.1. The van der Waals surface area contributed by atoms with Gasteiger partial charge < -0.3 is 31.7 Å². The van der Waals surface area contributed by atoms with Crippen LogP contribution in [0.1, 0.15) is 33.6 Å². The van der Waals surface area contributed by atoms with Crippen LogP contribution in [0.15, 0.2) is 0 Å². The number of hydrogen-bond donors (Lipinski definition) is 1. The zero-order valence-electron chi connectivity index (χ0n) is 18.1. The lowest BCUT2D eigenvalue weighted by Crippen LogP contribution is -2.68. The summed E-state index contributed by atoms with van der Waals surface area (Å²) in [5.41, 5.74) is -0.331. The van der Waals surface area contributed by atoms with Crippen LogP contribution in [-0.4, -0.2) is 88.7 Å². The van der Waals surface area contributed by atoms with Crippen LogP contribution in [0, 0.1) is 5.92 Å². The van der Waals surface area contributed by atoms with Crippen LogP contribution in [0.4, 0.5) is 0 Å². The molecule has 0 radical (unpaired) electrons. The van der Waals surface area contributed by atoms with Crippen molar-refractivity contribution in [2.24, 2.45) is 5.92 Å². The highest BCUT2D eigenvalue weighted by atomic mass is 28.4. The summed E-state index contributed by atoms with van der Waals surface area (Å²) in [4.78, 5) is 12.0. The van der Waals surface area contributed by atoms with Gasteiger partial charge in [-0.05, 0) is 19.4 Å². The van der Waals surface area contributed by atoms with Gasteiger partial charge in [-0.1, -0.05) is 20.8 Å². The molecule has 0 saturated carbocycles. The Balaban J connectivity index is 6.58. The van der Waals surface area contributed by atoms with Gasteiger partial charge >= 0.3 is 23.7 Å². The molecule has 0 rings (SSSR count). The van der Waals surface area contributed by atoms with Crippen LogP contribution in [0.25, 0.3) is 0 Å². The molecule has 0 fully saturated rings. The maximum absolute atomic E-state index is 12.0. The first-order valence-electron chi connectivity index (χ1n) is 9.04. The summed E-state index contributed by atoms with van der Waals surface area (Å²) in [5.74, 6) is -1.70. The van der Waals surface area contributed by atoms with Crippen LogP contribution >= 0.6 is 0 Å². The van der Waals surface area contributed by atoms with Gasteiger partial charge in [-0.25, -0.2) is 0 Å². The van der Waals surface area contributed by atoms with E-state index >= 15 is 0 Å². The molecule has 0 heterocycles. The number of hydrogen-bond acceptors (Lipinski definition) is 8. The van der Waals surface area contributed by atoms with Crippen molar-refractivity contribution in [3.8, 4) is 0 Å². The van der Waals surface area contributed by atoms with Gasteiger partial charge in [-0.2, -0.15) is 0 Å². The molecular formula is C16H37NO8Si2. The summed E-state index contributed by atoms with van der Waals surface area (Å²) >= 11 is 0. The molecule has 1 N–H and O–H groups in total. The Morgan fingerprint density at radius 1 is 0.926 bits per heavy atom. The summed E-state index contributed by atoms with van der Waals surface area (Å²) in [6, 6.07) is -0.537. The average Bonchev–Trinajstić information content (AvgIpc) is 2.69. The van der Waals surface area contributed by atoms with E-state index in [-0.39, 0.29) is 5.54 Å². The molecule has 3 unspecified atom stereocenters. The van der Waals surface area contributed by atoms with Gasteiger partial charge in [0.25, 0.3) is 0 Å². The Morgan fingerprint density at radius 2 is 1.37 bits per heavy atom. The second-order valence-electron chi connectivity index (χ2n) is 6.18. The third kappa shape index (κ3) is 5.58. The van der Waals surface area contributed by atoms with E-state index in [9.17, 15) is 9.90 Å². The standard InChI is InChI=1S/C16H37NO8Si2/c1-10-12-17(27(23-7,24-8)25-9)15(13(3)16(18)19)14(11-2)26(20-4,21-5)22-6/h13-15H,10-12H2,1-9H3,(H,18,19). The number of aliphatic carboxylic acids is 1. The molecular weight excluding hydrogens is 390 g/mol. The molecule has 9 nitrogen and oxygen atoms in total. The van der Waals surface area contributed by atoms with Crippen LogP contribution in [0.3, 0.4) is 0 Å². The van der Waals surface area contributed by atoms with Gasteiger partial charge in [0.2, 0.25) is 0 Å². The average molecular weight is 428 g/mol. The van der Waals surface area contributed by atoms with E-state index in [1.165, 1.54) is 42.7 Å². The minimum absolute atomic E-state index is 0.331. The van der Waals surface area contributed by atoms with Crippen molar-refractivity contribution in [1.82, 2.24) is 4.57 Å². The van der Waals surface area contributed by atoms with E-state index in [1.807, 2.05) is 18.4 Å². The zero-order chi connectivity index (χ0) is 21.3. The van der Waals surface area contributed by atoms with Gasteiger partial charge in [0.1, 0.15) is 0 Å². The van der Waals surface area contributed by atoms with Crippen LogP contribution in [-0.2, 0) is 31.4 Å². The fourth-order valence-corrected chi connectivity index (χ4v) is 9.11. The molecule has 0 aromatic heterocycles. The predicted molar refractivity (Wildman–Crippen MR) is 105 cm³/mol. The fourth-order valence-electron chi connectivity index (χ4n) is 3.70. The third-order valence-electron chi connectivity index (χ3n) is 5.01. The molecule has 0 aliphatic rings. The smallest absolute Gasteiger partial charge is 0.481 e. The number of nitrogens with zero attached hydrogens (tertiary/aromatic N) is 1. The van der Waals surface area contributed by atoms with E-state index in [0.29, 0.717) is 13.0 Å². The van der Waals surface area contributed by atoms with Crippen molar-refractivity contribution in [3.05, 3.63) is 0 Å². The van der Waals surface area contributed by atoms with E-state index in [2.05, 4.69) is 0 Å². The molecule has 0 saturated heterocycles. The van der Waals surface area contributed by atoms with Crippen molar-refractivity contribution in [2.75, 3.05) is 49.2 Å². The summed E-state index contributed by atoms with van der Waals surface area (Å²) in [5, 5.41) is 9.84. The highest BCUT2D eigenvalue weighted by molar-refractivity contribution is 6.63.